The normalized spacial score (nSPS) is 14.4. The first-order valence-electron chi connectivity index (χ1n) is 8.57. The second kappa shape index (κ2) is 8.20. The molecule has 0 aromatic heterocycles. The number of benzene rings is 2. The van der Waals surface area contributed by atoms with E-state index in [1.807, 2.05) is 0 Å². The average molecular weight is 423 g/mol. The van der Waals surface area contributed by atoms with Crippen LogP contribution >= 0.6 is 11.6 Å². The smallest absolute Gasteiger partial charge is 0.262 e. The molecule has 0 radical (unpaired) electrons. The predicted molar refractivity (Wildman–Crippen MR) is 105 cm³/mol. The largest absolute Gasteiger partial charge is 0.482 e. The van der Waals surface area contributed by atoms with Crippen LogP contribution in [-0.2, 0) is 26.0 Å². The summed E-state index contributed by atoms with van der Waals surface area (Å²) in [6.45, 7) is 1.60. The van der Waals surface area contributed by atoms with E-state index in [9.17, 15) is 18.0 Å². The highest BCUT2D eigenvalue weighted by molar-refractivity contribution is 7.92. The maximum atomic E-state index is 12.8. The first kappa shape index (κ1) is 20.2. The van der Waals surface area contributed by atoms with Gasteiger partial charge in [0.05, 0.1) is 15.8 Å². The Kier molecular flexibility index (Phi) is 5.90. The zero-order chi connectivity index (χ0) is 20.3. The van der Waals surface area contributed by atoms with Gasteiger partial charge in [-0.15, -0.1) is 0 Å². The Morgan fingerprint density at radius 1 is 1.25 bits per heavy atom. The third kappa shape index (κ3) is 4.63. The van der Waals surface area contributed by atoms with Crippen molar-refractivity contribution in [1.29, 1.82) is 0 Å². The van der Waals surface area contributed by atoms with E-state index in [0.717, 1.165) is 5.56 Å². The zero-order valence-corrected chi connectivity index (χ0v) is 16.6. The molecule has 1 atom stereocenters. The topological polar surface area (TPSA) is 102 Å². The highest BCUT2D eigenvalue weighted by Crippen LogP contribution is 2.31. The van der Waals surface area contributed by atoms with E-state index in [2.05, 4.69) is 10.6 Å². The molecular formula is C19H19ClN2O5S. The summed E-state index contributed by atoms with van der Waals surface area (Å²) < 4.78 is 30.8. The number of amides is 2. The van der Waals surface area contributed by atoms with E-state index < -0.39 is 15.1 Å². The van der Waals surface area contributed by atoms with E-state index in [-0.39, 0.29) is 36.3 Å². The van der Waals surface area contributed by atoms with Crippen LogP contribution in [0.4, 0.5) is 5.69 Å². The Bertz CT molecular complexity index is 1010. The highest BCUT2D eigenvalue weighted by Gasteiger charge is 2.27. The lowest BCUT2D eigenvalue weighted by Crippen LogP contribution is -2.30. The van der Waals surface area contributed by atoms with Gasteiger partial charge in [-0.1, -0.05) is 23.7 Å². The maximum Gasteiger partial charge on any atom is 0.262 e. The van der Waals surface area contributed by atoms with E-state index in [1.54, 1.807) is 24.3 Å². The molecule has 2 aromatic rings. The first-order chi connectivity index (χ1) is 13.3. The minimum absolute atomic E-state index is 0.0420. The minimum Gasteiger partial charge on any atom is -0.482 e. The average Bonchev–Trinajstić information content (AvgIpc) is 2.67. The SMILES string of the molecule is CC(CC(=O)NCc1ccc(Cl)cc1)S(=O)(=O)c1ccc2c(c1)OCC(=O)N2. The molecule has 2 amide bonds. The standard InChI is InChI=1S/C19H19ClN2O5S/c1-12(8-18(23)21-10-13-2-4-14(20)5-3-13)28(25,26)15-6-7-16-17(9-15)27-11-19(24)22-16/h2-7,9,12H,8,10-11H2,1H3,(H,21,23)(H,22,24). The predicted octanol–water partition coefficient (Wildman–Crippen LogP) is 2.54. The van der Waals surface area contributed by atoms with Crippen molar-refractivity contribution in [2.24, 2.45) is 0 Å². The molecule has 1 aliphatic heterocycles. The lowest BCUT2D eigenvalue weighted by Gasteiger charge is -2.19. The summed E-state index contributed by atoms with van der Waals surface area (Å²) in [6, 6.07) is 11.3. The van der Waals surface area contributed by atoms with Crippen LogP contribution in [0.2, 0.25) is 5.02 Å². The molecule has 7 nitrogen and oxygen atoms in total. The van der Waals surface area contributed by atoms with Gasteiger partial charge in [-0.05, 0) is 36.8 Å². The van der Waals surface area contributed by atoms with Crippen LogP contribution in [0.3, 0.4) is 0 Å². The van der Waals surface area contributed by atoms with Crippen LogP contribution in [0.5, 0.6) is 5.75 Å². The van der Waals surface area contributed by atoms with Crippen LogP contribution in [0.1, 0.15) is 18.9 Å². The van der Waals surface area contributed by atoms with E-state index in [1.165, 1.54) is 25.1 Å². The Morgan fingerprint density at radius 3 is 2.68 bits per heavy atom. The summed E-state index contributed by atoms with van der Waals surface area (Å²) in [7, 11) is -3.74. The van der Waals surface area contributed by atoms with Gasteiger partial charge in [-0.3, -0.25) is 9.59 Å². The second-order valence-corrected chi connectivity index (χ2v) is 9.26. The number of rotatable bonds is 6. The second-order valence-electron chi connectivity index (χ2n) is 6.46. The highest BCUT2D eigenvalue weighted by atomic mass is 35.5. The molecule has 0 spiro atoms. The molecule has 148 valence electrons. The summed E-state index contributed by atoms with van der Waals surface area (Å²) >= 11 is 5.82. The third-order valence-electron chi connectivity index (χ3n) is 4.32. The minimum atomic E-state index is -3.74. The molecule has 2 N–H and O–H groups in total. The van der Waals surface area contributed by atoms with Gasteiger partial charge in [0.2, 0.25) is 5.91 Å². The van der Waals surface area contributed by atoms with Crippen molar-refractivity contribution in [3.8, 4) is 5.75 Å². The van der Waals surface area contributed by atoms with Gasteiger partial charge >= 0.3 is 0 Å². The van der Waals surface area contributed by atoms with Crippen molar-refractivity contribution < 1.29 is 22.7 Å². The van der Waals surface area contributed by atoms with Gasteiger partial charge in [0.15, 0.2) is 16.4 Å². The Morgan fingerprint density at radius 2 is 1.96 bits per heavy atom. The summed E-state index contributed by atoms with van der Waals surface area (Å²) in [5.41, 5.74) is 1.28. The van der Waals surface area contributed by atoms with Crippen LogP contribution in [0.25, 0.3) is 0 Å². The molecule has 28 heavy (non-hydrogen) atoms. The number of hydrogen-bond acceptors (Lipinski definition) is 5. The van der Waals surface area contributed by atoms with Gasteiger partial charge < -0.3 is 15.4 Å². The van der Waals surface area contributed by atoms with Gasteiger partial charge in [0.1, 0.15) is 5.75 Å². The third-order valence-corrected chi connectivity index (χ3v) is 6.71. The van der Waals surface area contributed by atoms with Crippen LogP contribution in [-0.4, -0.2) is 32.1 Å². The molecule has 9 heteroatoms. The van der Waals surface area contributed by atoms with E-state index >= 15 is 0 Å². The van der Waals surface area contributed by atoms with Crippen molar-refractivity contribution in [2.75, 3.05) is 11.9 Å². The maximum absolute atomic E-state index is 12.8. The number of carbonyl (C=O) groups excluding carboxylic acids is 2. The monoisotopic (exact) mass is 422 g/mol. The summed E-state index contributed by atoms with van der Waals surface area (Å²) in [5.74, 6) is -0.374. The number of nitrogens with one attached hydrogen (secondary N) is 2. The van der Waals surface area contributed by atoms with Crippen molar-refractivity contribution in [3.05, 3.63) is 53.1 Å². The summed E-state index contributed by atoms with van der Waals surface area (Å²) in [5, 5.41) is 4.99. The molecule has 0 aliphatic carbocycles. The van der Waals surface area contributed by atoms with E-state index in [0.29, 0.717) is 16.5 Å². The van der Waals surface area contributed by atoms with Gasteiger partial charge in [-0.2, -0.15) is 0 Å². The van der Waals surface area contributed by atoms with Gasteiger partial charge in [0, 0.05) is 24.1 Å². The van der Waals surface area contributed by atoms with E-state index in [4.69, 9.17) is 16.3 Å². The molecule has 0 saturated carbocycles. The number of sulfone groups is 1. The molecule has 1 aliphatic rings. The summed E-state index contributed by atoms with van der Waals surface area (Å²) in [4.78, 5) is 23.5. The molecule has 0 saturated heterocycles. The Hall–Kier alpha value is -2.58. The number of fused-ring (bicyclic) bond motifs is 1. The Labute approximate surface area is 168 Å². The van der Waals surface area contributed by atoms with Crippen LogP contribution < -0.4 is 15.4 Å². The van der Waals surface area contributed by atoms with Crippen LogP contribution in [0.15, 0.2) is 47.4 Å². The molecule has 0 fully saturated rings. The number of ether oxygens (including phenoxy) is 1. The molecule has 1 unspecified atom stereocenters. The van der Waals surface area contributed by atoms with Gasteiger partial charge in [-0.25, -0.2) is 8.42 Å². The fourth-order valence-electron chi connectivity index (χ4n) is 2.71. The molecule has 2 aromatic carbocycles. The fraction of sp³-hybridized carbons (Fsp3) is 0.263. The fourth-order valence-corrected chi connectivity index (χ4v) is 4.20. The lowest BCUT2D eigenvalue weighted by atomic mass is 10.2. The number of hydrogen-bond donors (Lipinski definition) is 2. The quantitative estimate of drug-likeness (QED) is 0.744. The number of halogens is 1. The molecule has 1 heterocycles. The zero-order valence-electron chi connectivity index (χ0n) is 15.1. The van der Waals surface area contributed by atoms with Crippen molar-refractivity contribution in [2.45, 2.75) is 30.0 Å². The molecular weight excluding hydrogens is 404 g/mol. The van der Waals surface area contributed by atoms with Gasteiger partial charge in [0.25, 0.3) is 5.91 Å². The molecule has 3 rings (SSSR count). The first-order valence-corrected chi connectivity index (χ1v) is 10.5. The van der Waals surface area contributed by atoms with Crippen molar-refractivity contribution in [3.63, 3.8) is 0 Å². The Balaban J connectivity index is 1.64. The van der Waals surface area contributed by atoms with Crippen molar-refractivity contribution in [1.82, 2.24) is 5.32 Å². The number of carbonyl (C=O) groups is 2. The van der Waals surface area contributed by atoms with Crippen LogP contribution in [0, 0.1) is 0 Å². The summed E-state index contributed by atoms with van der Waals surface area (Å²) in [6.07, 6.45) is -0.176. The number of anilines is 1. The van der Waals surface area contributed by atoms with Crippen molar-refractivity contribution >= 4 is 38.9 Å². The lowest BCUT2D eigenvalue weighted by molar-refractivity contribution is -0.121. The molecule has 0 bridgehead atoms.